The lowest BCUT2D eigenvalue weighted by Gasteiger charge is -2.15. The minimum atomic E-state index is -1.02. The van der Waals surface area contributed by atoms with Crippen LogP contribution in [0.3, 0.4) is 0 Å². The molecule has 0 bridgehead atoms. The number of amides is 1. The van der Waals surface area contributed by atoms with E-state index in [1.54, 1.807) is 30.7 Å². The molecule has 0 aliphatic heterocycles. The summed E-state index contributed by atoms with van der Waals surface area (Å²) in [5.74, 6) is -0.165. The highest BCUT2D eigenvalue weighted by Gasteiger charge is 2.22. The van der Waals surface area contributed by atoms with E-state index in [1.807, 2.05) is 0 Å². The Bertz CT molecular complexity index is 776. The molecule has 1 aromatic heterocycles. The third-order valence-electron chi connectivity index (χ3n) is 3.35. The van der Waals surface area contributed by atoms with Gasteiger partial charge < -0.3 is 24.3 Å². The summed E-state index contributed by atoms with van der Waals surface area (Å²) in [7, 11) is 4.54. The molecule has 2 rings (SSSR count). The molecule has 1 unspecified atom stereocenters. The van der Waals surface area contributed by atoms with E-state index in [4.69, 9.17) is 18.9 Å². The van der Waals surface area contributed by atoms with Gasteiger partial charge in [0.1, 0.15) is 16.5 Å². The van der Waals surface area contributed by atoms with E-state index in [0.29, 0.717) is 28.8 Å². The number of ether oxygens (including phenoxy) is 4. The minimum absolute atomic E-state index is 0.140. The Morgan fingerprint density at radius 2 is 2.00 bits per heavy atom. The zero-order valence-corrected chi connectivity index (χ0v) is 15.7. The minimum Gasteiger partial charge on any atom is -0.497 e. The van der Waals surface area contributed by atoms with E-state index >= 15 is 0 Å². The predicted octanol–water partition coefficient (Wildman–Crippen LogP) is 2.49. The molecule has 26 heavy (non-hydrogen) atoms. The summed E-state index contributed by atoms with van der Waals surface area (Å²) in [4.78, 5) is 28.5. The molecule has 2 aromatic rings. The van der Waals surface area contributed by atoms with Crippen molar-refractivity contribution in [1.29, 1.82) is 0 Å². The number of carbonyl (C=O) groups is 2. The van der Waals surface area contributed by atoms with Gasteiger partial charge in [0.25, 0.3) is 5.91 Å². The first kappa shape index (κ1) is 19.7. The summed E-state index contributed by atoms with van der Waals surface area (Å²) in [5, 5.41) is 4.87. The average Bonchev–Trinajstić information content (AvgIpc) is 3.10. The second-order valence-electron chi connectivity index (χ2n) is 5.16. The third kappa shape index (κ3) is 4.93. The van der Waals surface area contributed by atoms with Crippen molar-refractivity contribution in [3.63, 3.8) is 0 Å². The van der Waals surface area contributed by atoms with E-state index in [1.165, 1.54) is 32.5 Å². The molecule has 1 atom stereocenters. The van der Waals surface area contributed by atoms with Gasteiger partial charge in [-0.1, -0.05) is 0 Å². The molecule has 9 heteroatoms. The van der Waals surface area contributed by atoms with Gasteiger partial charge in [0.05, 0.1) is 26.5 Å². The monoisotopic (exact) mass is 380 g/mol. The summed E-state index contributed by atoms with van der Waals surface area (Å²) in [5.41, 5.74) is 0.552. The van der Waals surface area contributed by atoms with Gasteiger partial charge in [-0.2, -0.15) is 0 Å². The maximum Gasteiger partial charge on any atom is 0.358 e. The molecular weight excluding hydrogens is 360 g/mol. The van der Waals surface area contributed by atoms with Gasteiger partial charge in [-0.05, 0) is 19.1 Å². The van der Waals surface area contributed by atoms with E-state index in [2.05, 4.69) is 10.3 Å². The molecule has 0 saturated heterocycles. The summed E-state index contributed by atoms with van der Waals surface area (Å²) in [6.45, 7) is 1.78. The molecular formula is C17H20N2O6S. The van der Waals surface area contributed by atoms with Crippen molar-refractivity contribution in [2.24, 2.45) is 0 Å². The topological polar surface area (TPSA) is 96.0 Å². The first-order chi connectivity index (χ1) is 12.5. The number of hydrogen-bond donors (Lipinski definition) is 1. The summed E-state index contributed by atoms with van der Waals surface area (Å²) >= 11 is 1.28. The molecule has 1 heterocycles. The van der Waals surface area contributed by atoms with Crippen molar-refractivity contribution in [2.75, 3.05) is 26.6 Å². The highest BCUT2D eigenvalue weighted by Crippen LogP contribution is 2.29. The number of anilines is 1. The molecule has 1 N–H and O–H groups in total. The van der Waals surface area contributed by atoms with E-state index in [-0.39, 0.29) is 5.69 Å². The zero-order valence-electron chi connectivity index (χ0n) is 14.9. The number of methoxy groups -OCH3 is 3. The highest BCUT2D eigenvalue weighted by molar-refractivity contribution is 7.09. The Kier molecular flexibility index (Phi) is 6.93. The lowest BCUT2D eigenvalue weighted by molar-refractivity contribution is -0.123. The molecule has 0 aliphatic carbocycles. The lowest BCUT2D eigenvalue weighted by atomic mass is 10.2. The number of esters is 1. The molecule has 140 valence electrons. The number of carbonyl (C=O) groups excluding carboxylic acids is 2. The number of thiazole rings is 1. The largest absolute Gasteiger partial charge is 0.497 e. The Labute approximate surface area is 155 Å². The Balaban J connectivity index is 2.01. The first-order valence-corrected chi connectivity index (χ1v) is 8.53. The maximum absolute atomic E-state index is 12.3. The molecule has 0 radical (unpaired) electrons. The van der Waals surface area contributed by atoms with E-state index < -0.39 is 18.0 Å². The van der Waals surface area contributed by atoms with Gasteiger partial charge in [0.2, 0.25) is 0 Å². The molecule has 0 spiro atoms. The smallest absolute Gasteiger partial charge is 0.358 e. The summed E-state index contributed by atoms with van der Waals surface area (Å²) in [6, 6.07) is 4.98. The fourth-order valence-electron chi connectivity index (χ4n) is 2.01. The average molecular weight is 380 g/mol. The van der Waals surface area contributed by atoms with Crippen molar-refractivity contribution >= 4 is 28.9 Å². The van der Waals surface area contributed by atoms with Gasteiger partial charge in [-0.3, -0.25) is 4.79 Å². The van der Waals surface area contributed by atoms with Gasteiger partial charge in [0, 0.05) is 18.6 Å². The normalized spacial score (nSPS) is 11.5. The standard InChI is InChI=1S/C17H20N2O6S/c1-10(25-17(21)13-9-26-15(18-13)8-22-2)16(20)19-12-7-11(23-3)5-6-14(12)24-4/h5-7,9-10H,8H2,1-4H3,(H,19,20). The second kappa shape index (κ2) is 9.16. The Hall–Kier alpha value is -2.65. The molecule has 0 aliphatic rings. The maximum atomic E-state index is 12.3. The van der Waals surface area contributed by atoms with Crippen molar-refractivity contribution in [3.05, 3.63) is 34.3 Å². The van der Waals surface area contributed by atoms with Crippen molar-refractivity contribution in [2.45, 2.75) is 19.6 Å². The summed E-state index contributed by atoms with van der Waals surface area (Å²) < 4.78 is 20.5. The molecule has 1 amide bonds. The number of aromatic nitrogens is 1. The third-order valence-corrected chi connectivity index (χ3v) is 4.17. The van der Waals surface area contributed by atoms with Crippen LogP contribution in [0.15, 0.2) is 23.6 Å². The number of benzene rings is 1. The van der Waals surface area contributed by atoms with Crippen molar-refractivity contribution in [3.8, 4) is 11.5 Å². The fourth-order valence-corrected chi connectivity index (χ4v) is 2.75. The predicted molar refractivity (Wildman–Crippen MR) is 95.9 cm³/mol. The highest BCUT2D eigenvalue weighted by atomic mass is 32.1. The zero-order chi connectivity index (χ0) is 19.1. The van der Waals surface area contributed by atoms with Crippen LogP contribution in [0.2, 0.25) is 0 Å². The summed E-state index contributed by atoms with van der Waals surface area (Å²) in [6.07, 6.45) is -1.02. The van der Waals surface area contributed by atoms with Crippen LogP contribution in [0.1, 0.15) is 22.4 Å². The number of rotatable bonds is 8. The van der Waals surface area contributed by atoms with E-state index in [9.17, 15) is 9.59 Å². The van der Waals surface area contributed by atoms with Crippen molar-refractivity contribution in [1.82, 2.24) is 4.98 Å². The van der Waals surface area contributed by atoms with Crippen LogP contribution in [0, 0.1) is 0 Å². The van der Waals surface area contributed by atoms with Crippen LogP contribution in [-0.2, 0) is 20.9 Å². The number of nitrogens with one attached hydrogen (secondary N) is 1. The van der Waals surface area contributed by atoms with Gasteiger partial charge in [0.15, 0.2) is 11.8 Å². The fraction of sp³-hybridized carbons (Fsp3) is 0.353. The van der Waals surface area contributed by atoms with Gasteiger partial charge in [-0.15, -0.1) is 11.3 Å². The quantitative estimate of drug-likeness (QED) is 0.703. The van der Waals surface area contributed by atoms with E-state index in [0.717, 1.165) is 0 Å². The van der Waals surface area contributed by atoms with Crippen LogP contribution >= 0.6 is 11.3 Å². The first-order valence-electron chi connectivity index (χ1n) is 7.65. The molecule has 8 nitrogen and oxygen atoms in total. The van der Waals surface area contributed by atoms with Crippen LogP contribution in [0.4, 0.5) is 5.69 Å². The van der Waals surface area contributed by atoms with Crippen LogP contribution in [0.25, 0.3) is 0 Å². The molecule has 1 aromatic carbocycles. The second-order valence-corrected chi connectivity index (χ2v) is 6.11. The molecule has 0 fully saturated rings. The van der Waals surface area contributed by atoms with Crippen LogP contribution in [0.5, 0.6) is 11.5 Å². The van der Waals surface area contributed by atoms with Crippen LogP contribution < -0.4 is 14.8 Å². The van der Waals surface area contributed by atoms with Gasteiger partial charge >= 0.3 is 5.97 Å². The lowest BCUT2D eigenvalue weighted by Crippen LogP contribution is -2.30. The van der Waals surface area contributed by atoms with Gasteiger partial charge in [-0.25, -0.2) is 9.78 Å². The van der Waals surface area contributed by atoms with Crippen LogP contribution in [-0.4, -0.2) is 44.3 Å². The Morgan fingerprint density at radius 3 is 2.65 bits per heavy atom. The molecule has 0 saturated carbocycles. The Morgan fingerprint density at radius 1 is 1.23 bits per heavy atom. The number of hydrogen-bond acceptors (Lipinski definition) is 8. The van der Waals surface area contributed by atoms with Crippen molar-refractivity contribution < 1.29 is 28.5 Å². The number of nitrogens with zero attached hydrogens (tertiary/aromatic N) is 1. The SMILES string of the molecule is COCc1nc(C(=O)OC(C)C(=O)Nc2cc(OC)ccc2OC)cs1.